The van der Waals surface area contributed by atoms with Crippen LogP contribution in [-0.2, 0) is 0 Å². The summed E-state index contributed by atoms with van der Waals surface area (Å²) in [6, 6.07) is 6.03. The molecule has 0 aromatic heterocycles. The second-order valence-electron chi connectivity index (χ2n) is 2.87. The summed E-state index contributed by atoms with van der Waals surface area (Å²) in [6.07, 6.45) is -0.353. The first-order valence-corrected chi connectivity index (χ1v) is 3.69. The van der Waals surface area contributed by atoms with Gasteiger partial charge in [-0.3, -0.25) is 0 Å². The smallest absolute Gasteiger partial charge is 0.0784 e. The summed E-state index contributed by atoms with van der Waals surface area (Å²) in [7, 11) is 0. The molecule has 0 amide bonds. The summed E-state index contributed by atoms with van der Waals surface area (Å²) in [5.41, 5.74) is 14.5. The Labute approximate surface area is 67.2 Å². The number of hydrogen-bond acceptors (Lipinski definition) is 2. The standard InChI is InChI=1S/C9H14N2/c1-6-3-4-8(9(10)11)5-7(6)2/h3-5,9H,10-11H2,1-2H3. The first-order valence-electron chi connectivity index (χ1n) is 3.69. The quantitative estimate of drug-likeness (QED) is 0.591. The predicted octanol–water partition coefficient (Wildman–Crippen LogP) is 1.22. The zero-order chi connectivity index (χ0) is 8.43. The zero-order valence-electron chi connectivity index (χ0n) is 6.96. The number of aryl methyl sites for hydroxylation is 2. The molecule has 0 atom stereocenters. The highest BCUT2D eigenvalue weighted by Gasteiger charge is 1.99. The molecule has 0 aliphatic rings. The first kappa shape index (κ1) is 8.24. The molecule has 0 bridgehead atoms. The third kappa shape index (κ3) is 1.79. The monoisotopic (exact) mass is 150 g/mol. The van der Waals surface area contributed by atoms with E-state index in [4.69, 9.17) is 11.5 Å². The molecule has 2 heteroatoms. The van der Waals surface area contributed by atoms with Gasteiger partial charge in [0.1, 0.15) is 0 Å². The van der Waals surface area contributed by atoms with Gasteiger partial charge in [0.15, 0.2) is 0 Å². The molecule has 60 valence electrons. The van der Waals surface area contributed by atoms with Crippen LogP contribution in [0.3, 0.4) is 0 Å². The van der Waals surface area contributed by atoms with Gasteiger partial charge in [-0.25, -0.2) is 0 Å². The van der Waals surface area contributed by atoms with E-state index in [-0.39, 0.29) is 6.17 Å². The van der Waals surface area contributed by atoms with E-state index in [1.54, 1.807) is 0 Å². The molecule has 0 unspecified atom stereocenters. The predicted molar refractivity (Wildman–Crippen MR) is 47.0 cm³/mol. The Morgan fingerprint density at radius 1 is 1.09 bits per heavy atom. The van der Waals surface area contributed by atoms with Crippen LogP contribution < -0.4 is 11.5 Å². The van der Waals surface area contributed by atoms with Crippen molar-refractivity contribution in [2.75, 3.05) is 0 Å². The van der Waals surface area contributed by atoms with Gasteiger partial charge in [0.05, 0.1) is 6.17 Å². The van der Waals surface area contributed by atoms with E-state index in [1.807, 2.05) is 18.2 Å². The molecule has 0 aliphatic carbocycles. The van der Waals surface area contributed by atoms with Gasteiger partial charge >= 0.3 is 0 Å². The fourth-order valence-corrected chi connectivity index (χ4v) is 0.972. The van der Waals surface area contributed by atoms with Gasteiger partial charge in [-0.15, -0.1) is 0 Å². The van der Waals surface area contributed by atoms with Gasteiger partial charge in [0.2, 0.25) is 0 Å². The summed E-state index contributed by atoms with van der Waals surface area (Å²) in [6.45, 7) is 4.13. The molecule has 0 heterocycles. The van der Waals surface area contributed by atoms with E-state index >= 15 is 0 Å². The highest BCUT2D eigenvalue weighted by molar-refractivity contribution is 5.31. The number of hydrogen-bond donors (Lipinski definition) is 2. The Hall–Kier alpha value is -0.860. The van der Waals surface area contributed by atoms with Gasteiger partial charge < -0.3 is 11.5 Å². The van der Waals surface area contributed by atoms with Crippen molar-refractivity contribution in [2.24, 2.45) is 11.5 Å². The lowest BCUT2D eigenvalue weighted by molar-refractivity contribution is 0.772. The maximum atomic E-state index is 5.51. The van der Waals surface area contributed by atoms with E-state index < -0.39 is 0 Å². The van der Waals surface area contributed by atoms with E-state index in [0.717, 1.165) is 5.56 Å². The third-order valence-corrected chi connectivity index (χ3v) is 1.92. The second kappa shape index (κ2) is 3.03. The Balaban J connectivity index is 3.05. The summed E-state index contributed by atoms with van der Waals surface area (Å²) in [5, 5.41) is 0. The zero-order valence-corrected chi connectivity index (χ0v) is 6.96. The molecule has 0 fully saturated rings. The van der Waals surface area contributed by atoms with Crippen molar-refractivity contribution in [1.29, 1.82) is 0 Å². The lowest BCUT2D eigenvalue weighted by Crippen LogP contribution is -2.20. The molecule has 0 saturated carbocycles. The van der Waals surface area contributed by atoms with Crippen LogP contribution in [0.25, 0.3) is 0 Å². The fourth-order valence-electron chi connectivity index (χ4n) is 0.972. The maximum Gasteiger partial charge on any atom is 0.0784 e. The summed E-state index contributed by atoms with van der Waals surface area (Å²) >= 11 is 0. The molecular formula is C9H14N2. The normalized spacial score (nSPS) is 10.6. The average molecular weight is 150 g/mol. The van der Waals surface area contributed by atoms with Crippen LogP contribution in [0, 0.1) is 13.8 Å². The SMILES string of the molecule is Cc1ccc(C(N)N)cc1C. The first-order chi connectivity index (χ1) is 5.11. The van der Waals surface area contributed by atoms with E-state index in [1.165, 1.54) is 11.1 Å². The van der Waals surface area contributed by atoms with Gasteiger partial charge in [0.25, 0.3) is 0 Å². The van der Waals surface area contributed by atoms with Crippen molar-refractivity contribution in [3.8, 4) is 0 Å². The van der Waals surface area contributed by atoms with E-state index in [9.17, 15) is 0 Å². The van der Waals surface area contributed by atoms with Crippen molar-refractivity contribution in [3.63, 3.8) is 0 Å². The van der Waals surface area contributed by atoms with E-state index in [0.29, 0.717) is 0 Å². The average Bonchev–Trinajstić information content (AvgIpc) is 1.94. The minimum atomic E-state index is -0.353. The highest BCUT2D eigenvalue weighted by Crippen LogP contribution is 2.11. The molecule has 1 aromatic rings. The Morgan fingerprint density at radius 3 is 2.18 bits per heavy atom. The topological polar surface area (TPSA) is 52.0 Å². The van der Waals surface area contributed by atoms with Crippen LogP contribution in [-0.4, -0.2) is 0 Å². The van der Waals surface area contributed by atoms with Crippen LogP contribution in [0.15, 0.2) is 18.2 Å². The minimum Gasteiger partial charge on any atom is -0.312 e. The molecule has 11 heavy (non-hydrogen) atoms. The lowest BCUT2D eigenvalue weighted by atomic mass is 10.1. The van der Waals surface area contributed by atoms with Gasteiger partial charge in [-0.2, -0.15) is 0 Å². The van der Waals surface area contributed by atoms with Crippen molar-refractivity contribution < 1.29 is 0 Å². The second-order valence-corrected chi connectivity index (χ2v) is 2.87. The largest absolute Gasteiger partial charge is 0.312 e. The Kier molecular flexibility index (Phi) is 2.27. The fraction of sp³-hybridized carbons (Fsp3) is 0.333. The number of benzene rings is 1. The van der Waals surface area contributed by atoms with Crippen LogP contribution >= 0.6 is 0 Å². The minimum absolute atomic E-state index is 0.353. The molecule has 1 rings (SSSR count). The van der Waals surface area contributed by atoms with Crippen molar-refractivity contribution in [2.45, 2.75) is 20.0 Å². The Morgan fingerprint density at radius 2 is 1.73 bits per heavy atom. The van der Waals surface area contributed by atoms with Crippen LogP contribution in [0.5, 0.6) is 0 Å². The molecule has 2 nitrogen and oxygen atoms in total. The summed E-state index contributed by atoms with van der Waals surface area (Å²) in [5.74, 6) is 0. The molecule has 0 aliphatic heterocycles. The van der Waals surface area contributed by atoms with Crippen LogP contribution in [0.4, 0.5) is 0 Å². The number of rotatable bonds is 1. The number of nitrogens with two attached hydrogens (primary N) is 2. The maximum absolute atomic E-state index is 5.51. The van der Waals surface area contributed by atoms with Crippen molar-refractivity contribution in [1.82, 2.24) is 0 Å². The molecular weight excluding hydrogens is 136 g/mol. The highest BCUT2D eigenvalue weighted by atomic mass is 14.8. The van der Waals surface area contributed by atoms with Crippen LogP contribution in [0.2, 0.25) is 0 Å². The van der Waals surface area contributed by atoms with E-state index in [2.05, 4.69) is 13.8 Å². The van der Waals surface area contributed by atoms with Crippen LogP contribution in [0.1, 0.15) is 22.9 Å². The molecule has 4 N–H and O–H groups in total. The molecule has 1 aromatic carbocycles. The van der Waals surface area contributed by atoms with Gasteiger partial charge in [0, 0.05) is 0 Å². The summed E-state index contributed by atoms with van der Waals surface area (Å²) < 4.78 is 0. The van der Waals surface area contributed by atoms with Gasteiger partial charge in [-0.1, -0.05) is 18.2 Å². The van der Waals surface area contributed by atoms with Crippen molar-refractivity contribution in [3.05, 3.63) is 34.9 Å². The Bertz CT molecular complexity index is 254. The van der Waals surface area contributed by atoms with Gasteiger partial charge in [-0.05, 0) is 30.5 Å². The summed E-state index contributed by atoms with van der Waals surface area (Å²) in [4.78, 5) is 0. The molecule has 0 radical (unpaired) electrons. The third-order valence-electron chi connectivity index (χ3n) is 1.92. The van der Waals surface area contributed by atoms with Crippen molar-refractivity contribution >= 4 is 0 Å². The lowest BCUT2D eigenvalue weighted by Gasteiger charge is -2.07. The molecule has 0 spiro atoms. The molecule has 0 saturated heterocycles.